The fourth-order valence-electron chi connectivity index (χ4n) is 1.67. The summed E-state index contributed by atoms with van der Waals surface area (Å²) >= 11 is 15.2. The van der Waals surface area contributed by atoms with Crippen molar-refractivity contribution < 1.29 is 8.42 Å². The van der Waals surface area contributed by atoms with Gasteiger partial charge in [-0.05, 0) is 42.8 Å². The average molecular weight is 410 g/mol. The number of aryl methyl sites for hydroxylation is 1. The molecular formula is C13H11BrCl2N2O2S. The molecule has 0 aromatic heterocycles. The Morgan fingerprint density at radius 3 is 2.48 bits per heavy atom. The fraction of sp³-hybridized carbons (Fsp3) is 0.0769. The van der Waals surface area contributed by atoms with Gasteiger partial charge in [0.05, 0.1) is 16.4 Å². The van der Waals surface area contributed by atoms with Crippen LogP contribution in [-0.2, 0) is 10.0 Å². The van der Waals surface area contributed by atoms with Crippen molar-refractivity contribution in [2.24, 2.45) is 0 Å². The lowest BCUT2D eigenvalue weighted by atomic mass is 10.2. The van der Waals surface area contributed by atoms with Gasteiger partial charge in [0.2, 0.25) is 0 Å². The molecule has 2 rings (SSSR count). The van der Waals surface area contributed by atoms with E-state index in [1.165, 1.54) is 18.2 Å². The van der Waals surface area contributed by atoms with E-state index in [-0.39, 0.29) is 21.3 Å². The molecule has 0 aliphatic heterocycles. The quantitative estimate of drug-likeness (QED) is 0.735. The highest BCUT2D eigenvalue weighted by Gasteiger charge is 2.19. The zero-order valence-electron chi connectivity index (χ0n) is 10.8. The number of hydrogen-bond acceptors (Lipinski definition) is 3. The fourth-order valence-corrected chi connectivity index (χ4v) is 3.89. The molecule has 0 aliphatic rings. The molecule has 0 heterocycles. The molecule has 0 saturated heterocycles. The molecule has 3 N–H and O–H groups in total. The Bertz CT molecular complexity index is 810. The minimum Gasteiger partial charge on any atom is -0.398 e. The van der Waals surface area contributed by atoms with Crippen molar-refractivity contribution in [1.29, 1.82) is 0 Å². The van der Waals surface area contributed by atoms with Crippen LogP contribution in [0.25, 0.3) is 0 Å². The second-order valence-electron chi connectivity index (χ2n) is 4.37. The maximum atomic E-state index is 12.4. The molecule has 0 aliphatic carbocycles. The molecule has 0 radical (unpaired) electrons. The minimum absolute atomic E-state index is 0.0374. The molecule has 0 spiro atoms. The first-order valence-electron chi connectivity index (χ1n) is 5.74. The van der Waals surface area contributed by atoms with Crippen LogP contribution in [0.15, 0.2) is 39.7 Å². The number of nitrogen functional groups attached to an aromatic ring is 1. The third-order valence-electron chi connectivity index (χ3n) is 2.76. The summed E-state index contributed by atoms with van der Waals surface area (Å²) in [4.78, 5) is -0.0374. The molecule has 4 nitrogen and oxygen atoms in total. The van der Waals surface area contributed by atoms with E-state index in [0.717, 1.165) is 5.56 Å². The van der Waals surface area contributed by atoms with E-state index in [9.17, 15) is 8.42 Å². The van der Waals surface area contributed by atoms with Crippen LogP contribution in [0.2, 0.25) is 10.0 Å². The van der Waals surface area contributed by atoms with Crippen LogP contribution in [-0.4, -0.2) is 8.42 Å². The maximum Gasteiger partial charge on any atom is 0.264 e. The Labute approximate surface area is 141 Å². The summed E-state index contributed by atoms with van der Waals surface area (Å²) in [6, 6.07) is 7.63. The number of hydrogen-bond donors (Lipinski definition) is 2. The summed E-state index contributed by atoms with van der Waals surface area (Å²) in [7, 11) is -3.87. The lowest BCUT2D eigenvalue weighted by Gasteiger charge is -2.13. The van der Waals surface area contributed by atoms with Gasteiger partial charge in [-0.2, -0.15) is 0 Å². The van der Waals surface area contributed by atoms with Gasteiger partial charge >= 0.3 is 0 Å². The van der Waals surface area contributed by atoms with E-state index >= 15 is 0 Å². The van der Waals surface area contributed by atoms with Crippen LogP contribution in [0, 0.1) is 6.92 Å². The van der Waals surface area contributed by atoms with Crippen molar-refractivity contribution in [2.75, 3.05) is 10.5 Å². The Morgan fingerprint density at radius 1 is 1.14 bits per heavy atom. The van der Waals surface area contributed by atoms with Gasteiger partial charge in [-0.15, -0.1) is 0 Å². The molecule has 8 heteroatoms. The van der Waals surface area contributed by atoms with Crippen molar-refractivity contribution >= 4 is 60.5 Å². The van der Waals surface area contributed by atoms with Gasteiger partial charge in [-0.1, -0.05) is 39.1 Å². The van der Waals surface area contributed by atoms with Crippen LogP contribution < -0.4 is 10.5 Å². The minimum atomic E-state index is -3.87. The number of nitrogens with two attached hydrogens (primary N) is 1. The predicted molar refractivity (Wildman–Crippen MR) is 90.6 cm³/mol. The third-order valence-corrected chi connectivity index (χ3v) is 5.39. The molecule has 0 unspecified atom stereocenters. The van der Waals surface area contributed by atoms with E-state index in [1.807, 2.05) is 0 Å². The molecule has 2 aromatic rings. The summed E-state index contributed by atoms with van der Waals surface area (Å²) in [6.07, 6.45) is 0. The van der Waals surface area contributed by atoms with E-state index in [4.69, 9.17) is 28.9 Å². The summed E-state index contributed by atoms with van der Waals surface area (Å²) < 4.78 is 27.8. The Balaban J connectivity index is 2.47. The van der Waals surface area contributed by atoms with E-state index in [0.29, 0.717) is 9.50 Å². The second kappa shape index (κ2) is 6.04. The molecule has 0 atom stereocenters. The molecule has 0 amide bonds. The zero-order chi connectivity index (χ0) is 15.8. The van der Waals surface area contributed by atoms with Crippen LogP contribution in [0.4, 0.5) is 11.4 Å². The molecule has 0 saturated carbocycles. The monoisotopic (exact) mass is 408 g/mol. The van der Waals surface area contributed by atoms with E-state index < -0.39 is 10.0 Å². The van der Waals surface area contributed by atoms with Gasteiger partial charge in [0, 0.05) is 9.50 Å². The highest BCUT2D eigenvalue weighted by molar-refractivity contribution is 9.10. The largest absolute Gasteiger partial charge is 0.398 e. The number of halogens is 3. The van der Waals surface area contributed by atoms with Crippen molar-refractivity contribution in [2.45, 2.75) is 11.8 Å². The summed E-state index contributed by atoms with van der Waals surface area (Å²) in [5, 5.41) is 0.674. The Hall–Kier alpha value is -0.950. The number of sulfonamides is 1. The summed E-state index contributed by atoms with van der Waals surface area (Å²) in [5.41, 5.74) is 6.82. The van der Waals surface area contributed by atoms with Crippen molar-refractivity contribution in [3.05, 3.63) is 50.4 Å². The zero-order valence-corrected chi connectivity index (χ0v) is 14.7. The molecule has 112 valence electrons. The van der Waals surface area contributed by atoms with Gasteiger partial charge in [0.15, 0.2) is 0 Å². The second-order valence-corrected chi connectivity index (χ2v) is 7.75. The molecule has 2 aromatic carbocycles. The first kappa shape index (κ1) is 16.4. The summed E-state index contributed by atoms with van der Waals surface area (Å²) in [6.45, 7) is 1.78. The lowest BCUT2D eigenvalue weighted by Crippen LogP contribution is -2.15. The van der Waals surface area contributed by atoms with Gasteiger partial charge in [-0.3, -0.25) is 4.72 Å². The van der Waals surface area contributed by atoms with E-state index in [2.05, 4.69) is 20.7 Å². The predicted octanol–water partition coefficient (Wildman–Crippen LogP) is 4.45. The Kier molecular flexibility index (Phi) is 4.72. The van der Waals surface area contributed by atoms with Gasteiger partial charge in [0.1, 0.15) is 4.90 Å². The van der Waals surface area contributed by atoms with Gasteiger partial charge in [-0.25, -0.2) is 8.42 Å². The van der Waals surface area contributed by atoms with Crippen LogP contribution in [0.1, 0.15) is 5.56 Å². The van der Waals surface area contributed by atoms with Crippen molar-refractivity contribution in [3.8, 4) is 0 Å². The van der Waals surface area contributed by atoms with E-state index in [1.54, 1.807) is 19.1 Å². The van der Waals surface area contributed by atoms with Crippen molar-refractivity contribution in [3.63, 3.8) is 0 Å². The smallest absolute Gasteiger partial charge is 0.264 e. The first-order valence-corrected chi connectivity index (χ1v) is 8.77. The third kappa shape index (κ3) is 3.63. The molecule has 0 fully saturated rings. The first-order chi connectivity index (χ1) is 9.70. The maximum absolute atomic E-state index is 12.4. The topological polar surface area (TPSA) is 72.2 Å². The molecule has 21 heavy (non-hydrogen) atoms. The average Bonchev–Trinajstić information content (AvgIpc) is 2.38. The lowest BCUT2D eigenvalue weighted by molar-refractivity contribution is 0.601. The van der Waals surface area contributed by atoms with Crippen LogP contribution >= 0.6 is 39.1 Å². The van der Waals surface area contributed by atoms with Crippen molar-refractivity contribution in [1.82, 2.24) is 0 Å². The SMILES string of the molecule is Cc1cc(Cl)c(NS(=O)(=O)c2cc(Br)ccc2N)cc1Cl. The van der Waals surface area contributed by atoms with Gasteiger partial charge < -0.3 is 5.73 Å². The number of rotatable bonds is 3. The highest BCUT2D eigenvalue weighted by atomic mass is 79.9. The molecular weight excluding hydrogens is 399 g/mol. The van der Waals surface area contributed by atoms with Crippen LogP contribution in [0.3, 0.4) is 0 Å². The van der Waals surface area contributed by atoms with Crippen LogP contribution in [0.5, 0.6) is 0 Å². The number of anilines is 2. The standard InChI is InChI=1S/C13H11BrCl2N2O2S/c1-7-4-10(16)12(6-9(7)15)18-21(19,20)13-5-8(14)2-3-11(13)17/h2-6,18H,17H2,1H3. The number of nitrogens with one attached hydrogen (secondary N) is 1. The number of benzene rings is 2. The molecule has 0 bridgehead atoms. The normalized spacial score (nSPS) is 11.4. The highest BCUT2D eigenvalue weighted by Crippen LogP contribution is 2.32. The Morgan fingerprint density at radius 2 is 1.81 bits per heavy atom. The summed E-state index contributed by atoms with van der Waals surface area (Å²) in [5.74, 6) is 0. The van der Waals surface area contributed by atoms with Gasteiger partial charge in [0.25, 0.3) is 10.0 Å².